The number of rotatable bonds is 6. The molecule has 1 aromatic rings. The van der Waals surface area contributed by atoms with Gasteiger partial charge in [-0.3, -0.25) is 4.79 Å². The first kappa shape index (κ1) is 13.5. The first-order chi connectivity index (χ1) is 7.99. The maximum atomic E-state index is 10.5. The van der Waals surface area contributed by atoms with Crippen molar-refractivity contribution in [1.29, 1.82) is 0 Å². The Morgan fingerprint density at radius 3 is 2.41 bits per heavy atom. The summed E-state index contributed by atoms with van der Waals surface area (Å²) in [4.78, 5) is 10.5. The van der Waals surface area contributed by atoms with Crippen LogP contribution < -0.4 is 10.5 Å². The van der Waals surface area contributed by atoms with Gasteiger partial charge in [0.1, 0.15) is 18.3 Å². The van der Waals surface area contributed by atoms with Crippen molar-refractivity contribution in [2.75, 3.05) is 6.51 Å². The molecular weight excluding hydrogens is 225 g/mol. The summed E-state index contributed by atoms with van der Waals surface area (Å²) in [6.07, 6.45) is 0.234. The molecule has 5 N–H and O–H groups in total. The van der Waals surface area contributed by atoms with Crippen molar-refractivity contribution in [3.05, 3.63) is 29.8 Å². The second kappa shape index (κ2) is 6.24. The zero-order valence-corrected chi connectivity index (χ0v) is 9.11. The summed E-state index contributed by atoms with van der Waals surface area (Å²) >= 11 is 0. The van der Waals surface area contributed by atoms with Gasteiger partial charge in [-0.15, -0.1) is 0 Å². The Morgan fingerprint density at radius 1 is 1.35 bits per heavy atom. The lowest BCUT2D eigenvalue weighted by Crippen LogP contribution is -2.32. The largest absolute Gasteiger partial charge is 0.496 e. The molecule has 92 valence electrons. The summed E-state index contributed by atoms with van der Waals surface area (Å²) in [6, 6.07) is 5.67. The standard InChI is InChI=1S/C10H14BNO5/c12-9(10(13)14)5-7-1-3-8(4-2-7)17-6-11(15)16/h1-4,9,15-16H,5-6,12H2,(H,13,14)/t9-/m0/s1. The highest BCUT2D eigenvalue weighted by atomic mass is 16.5. The zero-order chi connectivity index (χ0) is 12.8. The predicted molar refractivity (Wildman–Crippen MR) is 61.4 cm³/mol. The fourth-order valence-corrected chi connectivity index (χ4v) is 1.23. The molecule has 0 bridgehead atoms. The normalized spacial score (nSPS) is 11.9. The molecule has 0 heterocycles. The number of carboxylic acids is 1. The van der Waals surface area contributed by atoms with Gasteiger partial charge >= 0.3 is 13.1 Å². The molecule has 0 amide bonds. The fraction of sp³-hybridized carbons (Fsp3) is 0.300. The molecule has 0 saturated heterocycles. The molecule has 17 heavy (non-hydrogen) atoms. The summed E-state index contributed by atoms with van der Waals surface area (Å²) in [5, 5.41) is 25.8. The predicted octanol–water partition coefficient (Wildman–Crippen LogP) is -0.968. The van der Waals surface area contributed by atoms with Crippen LogP contribution in [0.25, 0.3) is 0 Å². The Balaban J connectivity index is 2.53. The monoisotopic (exact) mass is 239 g/mol. The summed E-state index contributed by atoms with van der Waals surface area (Å²) in [6.45, 7) is -0.214. The second-order valence-electron chi connectivity index (χ2n) is 3.58. The molecule has 0 fully saturated rings. The highest BCUT2D eigenvalue weighted by Gasteiger charge is 2.12. The number of ether oxygens (including phenoxy) is 1. The van der Waals surface area contributed by atoms with Crippen molar-refractivity contribution < 1.29 is 24.7 Å². The molecule has 7 heteroatoms. The minimum absolute atomic E-state index is 0.214. The minimum Gasteiger partial charge on any atom is -0.496 e. The number of carbonyl (C=O) groups is 1. The van der Waals surface area contributed by atoms with Gasteiger partial charge in [0.25, 0.3) is 0 Å². The van der Waals surface area contributed by atoms with Gasteiger partial charge in [0.2, 0.25) is 0 Å². The molecule has 0 unspecified atom stereocenters. The van der Waals surface area contributed by atoms with Crippen LogP contribution in [-0.2, 0) is 11.2 Å². The highest BCUT2D eigenvalue weighted by molar-refractivity contribution is 6.40. The van der Waals surface area contributed by atoms with Crippen molar-refractivity contribution in [2.45, 2.75) is 12.5 Å². The van der Waals surface area contributed by atoms with Crippen LogP contribution in [0.5, 0.6) is 5.75 Å². The Morgan fingerprint density at radius 2 is 1.94 bits per heavy atom. The van der Waals surface area contributed by atoms with Crippen LogP contribution in [0.4, 0.5) is 0 Å². The minimum atomic E-state index is -1.52. The average molecular weight is 239 g/mol. The SMILES string of the molecule is N[C@@H](Cc1ccc(OCB(O)O)cc1)C(=O)O. The average Bonchev–Trinajstić information content (AvgIpc) is 2.28. The lowest BCUT2D eigenvalue weighted by Gasteiger charge is -2.08. The number of carboxylic acid groups (broad SMARTS) is 1. The smallest absolute Gasteiger partial charge is 0.491 e. The summed E-state index contributed by atoms with van der Waals surface area (Å²) in [5.74, 6) is -0.570. The van der Waals surface area contributed by atoms with Gasteiger partial charge in [-0.1, -0.05) is 12.1 Å². The lowest BCUT2D eigenvalue weighted by molar-refractivity contribution is -0.138. The number of hydrogen-bond donors (Lipinski definition) is 4. The molecule has 0 saturated carbocycles. The van der Waals surface area contributed by atoms with Crippen molar-refractivity contribution in [3.8, 4) is 5.75 Å². The third-order valence-corrected chi connectivity index (χ3v) is 2.10. The van der Waals surface area contributed by atoms with Crippen LogP contribution in [-0.4, -0.2) is 40.8 Å². The summed E-state index contributed by atoms with van der Waals surface area (Å²) in [5.41, 5.74) is 6.16. The van der Waals surface area contributed by atoms with E-state index < -0.39 is 19.1 Å². The Labute approximate surface area is 98.8 Å². The van der Waals surface area contributed by atoms with Gasteiger partial charge in [-0.2, -0.15) is 0 Å². The zero-order valence-electron chi connectivity index (χ0n) is 9.11. The molecule has 1 atom stereocenters. The maximum absolute atomic E-state index is 10.5. The van der Waals surface area contributed by atoms with Crippen LogP contribution in [0.15, 0.2) is 24.3 Å². The topological polar surface area (TPSA) is 113 Å². The van der Waals surface area contributed by atoms with Crippen molar-refractivity contribution in [1.82, 2.24) is 0 Å². The molecule has 1 aromatic carbocycles. The van der Waals surface area contributed by atoms with Gasteiger partial charge in [0, 0.05) is 0 Å². The van der Waals surface area contributed by atoms with Crippen LogP contribution in [0, 0.1) is 0 Å². The van der Waals surface area contributed by atoms with Gasteiger partial charge in [0.15, 0.2) is 0 Å². The van der Waals surface area contributed by atoms with E-state index >= 15 is 0 Å². The molecule has 1 rings (SSSR count). The van der Waals surface area contributed by atoms with Gasteiger partial charge < -0.3 is 25.6 Å². The van der Waals surface area contributed by atoms with E-state index in [1.807, 2.05) is 0 Å². The lowest BCUT2D eigenvalue weighted by atomic mass is 9.95. The van der Waals surface area contributed by atoms with E-state index in [0.29, 0.717) is 5.75 Å². The Bertz CT molecular complexity index is 367. The summed E-state index contributed by atoms with van der Waals surface area (Å²) < 4.78 is 5.03. The third kappa shape index (κ3) is 4.86. The molecule has 0 radical (unpaired) electrons. The Kier molecular flexibility index (Phi) is 4.95. The van der Waals surface area contributed by atoms with E-state index in [1.165, 1.54) is 0 Å². The van der Waals surface area contributed by atoms with Gasteiger partial charge in [-0.05, 0) is 24.1 Å². The molecule has 6 nitrogen and oxygen atoms in total. The fourth-order valence-electron chi connectivity index (χ4n) is 1.23. The van der Waals surface area contributed by atoms with E-state index in [2.05, 4.69) is 0 Å². The van der Waals surface area contributed by atoms with Crippen LogP contribution in [0.2, 0.25) is 0 Å². The molecule has 0 spiro atoms. The molecule has 0 aliphatic heterocycles. The first-order valence-electron chi connectivity index (χ1n) is 5.05. The van der Waals surface area contributed by atoms with Crippen molar-refractivity contribution >= 4 is 13.1 Å². The van der Waals surface area contributed by atoms with Crippen molar-refractivity contribution in [2.24, 2.45) is 5.73 Å². The maximum Gasteiger partial charge on any atom is 0.491 e. The van der Waals surface area contributed by atoms with E-state index in [4.69, 9.17) is 25.6 Å². The second-order valence-corrected chi connectivity index (χ2v) is 3.58. The summed E-state index contributed by atoms with van der Waals surface area (Å²) in [7, 11) is -1.52. The van der Waals surface area contributed by atoms with Crippen LogP contribution >= 0.6 is 0 Å². The Hall–Kier alpha value is -1.57. The van der Waals surface area contributed by atoms with E-state index in [9.17, 15) is 4.79 Å². The van der Waals surface area contributed by atoms with E-state index in [0.717, 1.165) is 5.56 Å². The van der Waals surface area contributed by atoms with Gasteiger partial charge in [0.05, 0.1) is 0 Å². The first-order valence-corrected chi connectivity index (χ1v) is 5.05. The van der Waals surface area contributed by atoms with Gasteiger partial charge in [-0.25, -0.2) is 0 Å². The van der Waals surface area contributed by atoms with E-state index in [1.54, 1.807) is 24.3 Å². The number of hydrogen-bond acceptors (Lipinski definition) is 5. The molecule has 0 aliphatic carbocycles. The van der Waals surface area contributed by atoms with Crippen LogP contribution in [0.1, 0.15) is 5.56 Å². The number of aliphatic carboxylic acids is 1. The highest BCUT2D eigenvalue weighted by Crippen LogP contribution is 2.13. The van der Waals surface area contributed by atoms with Crippen LogP contribution in [0.3, 0.4) is 0 Å². The molecule has 0 aromatic heterocycles. The van der Waals surface area contributed by atoms with E-state index in [-0.39, 0.29) is 12.9 Å². The molecule has 0 aliphatic rings. The quantitative estimate of drug-likeness (QED) is 0.475. The van der Waals surface area contributed by atoms with Crippen molar-refractivity contribution in [3.63, 3.8) is 0 Å². The number of benzene rings is 1. The third-order valence-electron chi connectivity index (χ3n) is 2.10. The number of nitrogens with two attached hydrogens (primary N) is 1. The molecular formula is C10H14BNO5.